The summed E-state index contributed by atoms with van der Waals surface area (Å²) in [6.45, 7) is 6.98. The largest absolute Gasteiger partial charge is 0.129 e. The van der Waals surface area contributed by atoms with Crippen LogP contribution in [0.5, 0.6) is 0 Å². The first-order valence-electron chi connectivity index (χ1n) is 5.36. The molecular weight excluding hydrogens is 192 g/mol. The van der Waals surface area contributed by atoms with E-state index in [1.54, 1.807) is 6.08 Å². The summed E-state index contributed by atoms with van der Waals surface area (Å²) in [5.74, 6) is 0.679. The lowest BCUT2D eigenvalue weighted by Crippen LogP contribution is -1.68. The summed E-state index contributed by atoms with van der Waals surface area (Å²) in [5.41, 5.74) is 9.73. The van der Waals surface area contributed by atoms with Gasteiger partial charge >= 0.3 is 0 Å². The Balaban J connectivity index is 2.22. The predicted octanol–water partition coefficient (Wildman–Crippen LogP) is 4.27. The summed E-state index contributed by atoms with van der Waals surface area (Å²) in [4.78, 5) is 0. The van der Waals surface area contributed by atoms with Gasteiger partial charge in [0.25, 0.3) is 0 Å². The third-order valence-corrected chi connectivity index (χ3v) is 2.26. The molecule has 1 saturated carbocycles. The highest BCUT2D eigenvalue weighted by Gasteiger charge is 2.27. The minimum atomic E-state index is 0.679. The standard InChI is InChI=1S/C16H16/c1-3-5-6-7-8-9-10-11-13-16-14-15(16)12-4-2/h5-11,16H,1-2,13-14H2. The molecule has 0 amide bonds. The van der Waals surface area contributed by atoms with Crippen LogP contribution in [0.25, 0.3) is 0 Å². The lowest BCUT2D eigenvalue weighted by atomic mass is 10.2. The molecule has 0 N–H and O–H groups in total. The normalized spacial score (nSPS) is 18.8. The summed E-state index contributed by atoms with van der Waals surface area (Å²) < 4.78 is 0. The van der Waals surface area contributed by atoms with Gasteiger partial charge in [0.05, 0.1) is 0 Å². The number of hydrogen-bond donors (Lipinski definition) is 0. The molecule has 0 radical (unpaired) electrons. The molecule has 1 aliphatic rings. The fourth-order valence-corrected chi connectivity index (χ4v) is 1.34. The van der Waals surface area contributed by atoms with Crippen molar-refractivity contribution >= 4 is 0 Å². The van der Waals surface area contributed by atoms with E-state index in [1.165, 1.54) is 5.57 Å². The summed E-state index contributed by atoms with van der Waals surface area (Å²) >= 11 is 0. The lowest BCUT2D eigenvalue weighted by Gasteiger charge is -1.82. The third kappa shape index (κ3) is 5.05. The van der Waals surface area contributed by atoms with E-state index in [-0.39, 0.29) is 0 Å². The monoisotopic (exact) mass is 208 g/mol. The second kappa shape index (κ2) is 7.35. The first-order chi connectivity index (χ1) is 7.88. The van der Waals surface area contributed by atoms with Gasteiger partial charge in [0.1, 0.15) is 0 Å². The number of hydrogen-bond acceptors (Lipinski definition) is 0. The average Bonchev–Trinajstić information content (AvgIpc) is 3.01. The molecule has 0 spiro atoms. The Kier molecular flexibility index (Phi) is 5.56. The fraction of sp³-hybridized carbons (Fsp3) is 0.188. The van der Waals surface area contributed by atoms with E-state index in [4.69, 9.17) is 0 Å². The van der Waals surface area contributed by atoms with Gasteiger partial charge in [-0.3, -0.25) is 0 Å². The van der Waals surface area contributed by atoms with Gasteiger partial charge in [0.2, 0.25) is 0 Å². The van der Waals surface area contributed by atoms with Crippen molar-refractivity contribution < 1.29 is 0 Å². The SMILES string of the molecule is C=C=C=C1CC1CC=CC=CC=CC=C=C. The van der Waals surface area contributed by atoms with Gasteiger partial charge in [-0.2, -0.15) is 0 Å². The summed E-state index contributed by atoms with van der Waals surface area (Å²) in [5, 5.41) is 0. The highest BCUT2D eigenvalue weighted by Crippen LogP contribution is 2.39. The van der Waals surface area contributed by atoms with Crippen molar-refractivity contribution in [3.63, 3.8) is 0 Å². The smallest absolute Gasteiger partial charge is 0.00421 e. The minimum Gasteiger partial charge on any atom is -0.129 e. The summed E-state index contributed by atoms with van der Waals surface area (Å²) in [7, 11) is 0. The van der Waals surface area contributed by atoms with Crippen LogP contribution in [0.3, 0.4) is 0 Å². The molecule has 0 aliphatic heterocycles. The van der Waals surface area contributed by atoms with Crippen molar-refractivity contribution in [2.75, 3.05) is 0 Å². The van der Waals surface area contributed by atoms with Crippen molar-refractivity contribution in [2.45, 2.75) is 12.8 Å². The maximum atomic E-state index is 3.51. The fourth-order valence-electron chi connectivity index (χ4n) is 1.34. The molecule has 0 aromatic rings. The topological polar surface area (TPSA) is 0 Å². The van der Waals surface area contributed by atoms with Gasteiger partial charge in [0, 0.05) is 0 Å². The Hall–Kier alpha value is -1.96. The zero-order chi connectivity index (χ0) is 11.6. The number of allylic oxidation sites excluding steroid dienone is 8. The van der Waals surface area contributed by atoms with Crippen molar-refractivity contribution in [2.24, 2.45) is 5.92 Å². The maximum absolute atomic E-state index is 3.51. The first-order valence-corrected chi connectivity index (χ1v) is 5.36. The van der Waals surface area contributed by atoms with Gasteiger partial charge in [-0.1, -0.05) is 54.5 Å². The van der Waals surface area contributed by atoms with Crippen LogP contribution in [0.1, 0.15) is 12.8 Å². The van der Waals surface area contributed by atoms with E-state index in [0.717, 1.165) is 12.8 Å². The van der Waals surface area contributed by atoms with Crippen LogP contribution in [0.4, 0.5) is 0 Å². The molecular formula is C16H16. The quantitative estimate of drug-likeness (QED) is 0.467. The molecule has 0 nitrogen and oxygen atoms in total. The van der Waals surface area contributed by atoms with E-state index in [2.05, 4.69) is 42.5 Å². The van der Waals surface area contributed by atoms with Crippen LogP contribution in [0, 0.1) is 5.92 Å². The van der Waals surface area contributed by atoms with Crippen LogP contribution in [-0.4, -0.2) is 0 Å². The van der Waals surface area contributed by atoms with Crippen molar-refractivity contribution in [1.29, 1.82) is 0 Å². The molecule has 80 valence electrons. The van der Waals surface area contributed by atoms with Crippen molar-refractivity contribution in [3.8, 4) is 0 Å². The zero-order valence-electron chi connectivity index (χ0n) is 9.45. The Morgan fingerprint density at radius 2 is 1.88 bits per heavy atom. The molecule has 1 atom stereocenters. The highest BCUT2D eigenvalue weighted by molar-refractivity contribution is 5.24. The molecule has 1 aliphatic carbocycles. The molecule has 0 aromatic carbocycles. The summed E-state index contributed by atoms with van der Waals surface area (Å²) in [6.07, 6.45) is 16.1. The molecule has 0 heterocycles. The molecule has 0 heteroatoms. The zero-order valence-corrected chi connectivity index (χ0v) is 9.45. The Bertz CT molecular complexity index is 438. The molecule has 1 unspecified atom stereocenters. The van der Waals surface area contributed by atoms with Gasteiger partial charge in [-0.15, -0.1) is 5.73 Å². The van der Waals surface area contributed by atoms with Gasteiger partial charge in [0.15, 0.2) is 0 Å². The van der Waals surface area contributed by atoms with E-state index in [9.17, 15) is 0 Å². The van der Waals surface area contributed by atoms with E-state index < -0.39 is 0 Å². The highest BCUT2D eigenvalue weighted by atomic mass is 14.3. The Labute approximate surface area is 97.7 Å². The molecule has 1 rings (SSSR count). The first kappa shape index (κ1) is 12.1. The minimum absolute atomic E-state index is 0.679. The van der Waals surface area contributed by atoms with Gasteiger partial charge in [-0.05, 0) is 37.0 Å². The van der Waals surface area contributed by atoms with Crippen molar-refractivity contribution in [1.82, 2.24) is 0 Å². The molecule has 0 aromatic heterocycles. The van der Waals surface area contributed by atoms with Gasteiger partial charge in [-0.25, -0.2) is 0 Å². The van der Waals surface area contributed by atoms with Crippen molar-refractivity contribution in [3.05, 3.63) is 78.5 Å². The number of rotatable bonds is 5. The third-order valence-electron chi connectivity index (χ3n) is 2.26. The molecule has 0 bridgehead atoms. The van der Waals surface area contributed by atoms with Crippen LogP contribution < -0.4 is 0 Å². The van der Waals surface area contributed by atoms with Crippen LogP contribution in [-0.2, 0) is 0 Å². The molecule has 0 saturated heterocycles. The molecule has 1 fully saturated rings. The van der Waals surface area contributed by atoms with Crippen LogP contribution in [0.15, 0.2) is 78.5 Å². The van der Waals surface area contributed by atoms with Gasteiger partial charge < -0.3 is 0 Å². The summed E-state index contributed by atoms with van der Waals surface area (Å²) in [6, 6.07) is 0. The molecule has 16 heavy (non-hydrogen) atoms. The Morgan fingerprint density at radius 1 is 1.12 bits per heavy atom. The second-order valence-corrected chi connectivity index (χ2v) is 3.53. The van der Waals surface area contributed by atoms with E-state index >= 15 is 0 Å². The maximum Gasteiger partial charge on any atom is -0.00421 e. The second-order valence-electron chi connectivity index (χ2n) is 3.53. The Morgan fingerprint density at radius 3 is 2.62 bits per heavy atom. The lowest BCUT2D eigenvalue weighted by molar-refractivity contribution is 0.894. The van der Waals surface area contributed by atoms with Crippen LogP contribution >= 0.6 is 0 Å². The van der Waals surface area contributed by atoms with E-state index in [1.807, 2.05) is 24.3 Å². The van der Waals surface area contributed by atoms with E-state index in [0.29, 0.717) is 5.92 Å². The average molecular weight is 208 g/mol. The van der Waals surface area contributed by atoms with Crippen LogP contribution in [0.2, 0.25) is 0 Å². The predicted molar refractivity (Wildman–Crippen MR) is 70.0 cm³/mol.